The lowest BCUT2D eigenvalue weighted by molar-refractivity contribution is -0.0163. The van der Waals surface area contributed by atoms with Crippen LogP contribution in [0.2, 0.25) is 5.02 Å². The van der Waals surface area contributed by atoms with Crippen LogP contribution >= 0.6 is 11.6 Å². The van der Waals surface area contributed by atoms with E-state index in [2.05, 4.69) is 38.3 Å². The Kier molecular flexibility index (Phi) is 5.71. The van der Waals surface area contributed by atoms with Crippen molar-refractivity contribution in [2.45, 2.75) is 63.8 Å². The highest BCUT2D eigenvalue weighted by atomic mass is 35.5. The van der Waals surface area contributed by atoms with Crippen molar-refractivity contribution in [3.05, 3.63) is 34.6 Å². The van der Waals surface area contributed by atoms with Gasteiger partial charge < -0.3 is 20.3 Å². The summed E-state index contributed by atoms with van der Waals surface area (Å²) in [6.07, 6.45) is 1.40. The van der Waals surface area contributed by atoms with Crippen molar-refractivity contribution in [2.24, 2.45) is 0 Å². The molecule has 2 heterocycles. The minimum absolute atomic E-state index is 0.0329. The van der Waals surface area contributed by atoms with Crippen LogP contribution in [0.5, 0.6) is 0 Å². The maximum Gasteiger partial charge on any atom is 0.317 e. The smallest absolute Gasteiger partial charge is 0.317 e. The molecule has 27 heavy (non-hydrogen) atoms. The minimum atomic E-state index is -0.384. The largest absolute Gasteiger partial charge is 0.370 e. The average molecular weight is 398 g/mol. The number of morpholine rings is 1. The van der Waals surface area contributed by atoms with E-state index in [4.69, 9.17) is 16.3 Å². The van der Waals surface area contributed by atoms with E-state index < -0.39 is 0 Å². The van der Waals surface area contributed by atoms with Crippen molar-refractivity contribution in [2.75, 3.05) is 19.7 Å². The van der Waals surface area contributed by atoms with Gasteiger partial charge >= 0.3 is 6.03 Å². The predicted octanol–water partition coefficient (Wildman–Crippen LogP) is 3.87. The van der Waals surface area contributed by atoms with E-state index >= 15 is 0 Å². The van der Waals surface area contributed by atoms with Crippen molar-refractivity contribution in [1.29, 1.82) is 0 Å². The Morgan fingerprint density at radius 2 is 1.96 bits per heavy atom. The highest BCUT2D eigenvalue weighted by Crippen LogP contribution is 2.31. The maximum absolute atomic E-state index is 13.3. The fourth-order valence-electron chi connectivity index (χ4n) is 4.47. The summed E-state index contributed by atoms with van der Waals surface area (Å²) in [7, 11) is 0. The number of piperidine rings is 1. The molecular weight excluding hydrogens is 369 g/mol. The van der Waals surface area contributed by atoms with Gasteiger partial charge in [-0.05, 0) is 52.7 Å². The van der Waals surface area contributed by atoms with Crippen LogP contribution in [0, 0.1) is 5.82 Å². The molecule has 1 aromatic carbocycles. The summed E-state index contributed by atoms with van der Waals surface area (Å²) in [6.45, 7) is 9.99. The molecule has 2 saturated heterocycles. The number of carbonyl (C=O) groups is 1. The van der Waals surface area contributed by atoms with Crippen LogP contribution in [0.3, 0.4) is 0 Å². The van der Waals surface area contributed by atoms with Crippen LogP contribution in [0.15, 0.2) is 18.2 Å². The Labute approximate surface area is 165 Å². The van der Waals surface area contributed by atoms with Crippen LogP contribution in [0.1, 0.15) is 52.2 Å². The van der Waals surface area contributed by atoms with E-state index in [1.54, 1.807) is 11.0 Å². The second-order valence-corrected chi connectivity index (χ2v) is 9.33. The summed E-state index contributed by atoms with van der Waals surface area (Å²) in [5, 5.41) is 7.14. The van der Waals surface area contributed by atoms with E-state index in [1.807, 2.05) is 0 Å². The number of ether oxygens (including phenoxy) is 1. The highest BCUT2D eigenvalue weighted by molar-refractivity contribution is 6.31. The first-order valence-corrected chi connectivity index (χ1v) is 9.84. The van der Waals surface area contributed by atoms with Crippen LogP contribution in [-0.2, 0) is 4.74 Å². The number of urea groups is 1. The molecule has 5 nitrogen and oxygen atoms in total. The van der Waals surface area contributed by atoms with Gasteiger partial charge in [0, 0.05) is 34.3 Å². The third kappa shape index (κ3) is 5.12. The summed E-state index contributed by atoms with van der Waals surface area (Å²) in [5.41, 5.74) is 0.642. The molecule has 7 heteroatoms. The monoisotopic (exact) mass is 397 g/mol. The lowest BCUT2D eigenvalue weighted by Gasteiger charge is -2.47. The normalized spacial score (nSPS) is 25.3. The zero-order valence-corrected chi connectivity index (χ0v) is 17.2. The first-order chi connectivity index (χ1) is 12.5. The van der Waals surface area contributed by atoms with E-state index in [1.165, 1.54) is 12.1 Å². The van der Waals surface area contributed by atoms with Gasteiger partial charge in [-0.25, -0.2) is 9.18 Å². The van der Waals surface area contributed by atoms with Gasteiger partial charge in [-0.1, -0.05) is 17.7 Å². The number of halogens is 2. The molecule has 1 unspecified atom stereocenters. The number of nitrogens with one attached hydrogen (secondary N) is 2. The van der Waals surface area contributed by atoms with Crippen molar-refractivity contribution in [3.63, 3.8) is 0 Å². The molecule has 2 aliphatic rings. The molecule has 2 N–H and O–H groups in total. The summed E-state index contributed by atoms with van der Waals surface area (Å²) in [6, 6.07) is 4.29. The SMILES string of the molecule is CC1(C)CC(NC(=O)N2CCOC(c3ccc(F)cc3Cl)C2)CC(C)(C)N1. The number of amides is 2. The maximum atomic E-state index is 13.3. The summed E-state index contributed by atoms with van der Waals surface area (Å²) in [5.74, 6) is -0.384. The average Bonchev–Trinajstić information content (AvgIpc) is 2.52. The Balaban J connectivity index is 1.65. The standard InChI is InChI=1S/C20H29ClFN3O2/c1-19(2)10-14(11-20(3,4)24-19)23-18(26)25-7-8-27-17(12-25)15-6-5-13(22)9-16(15)21/h5-6,9,14,17,24H,7-8,10-12H2,1-4H3,(H,23,26). The Morgan fingerprint density at radius 3 is 2.59 bits per heavy atom. The molecular formula is C20H29ClFN3O2. The van der Waals surface area contributed by atoms with Gasteiger partial charge in [0.25, 0.3) is 0 Å². The van der Waals surface area contributed by atoms with Crippen molar-refractivity contribution in [1.82, 2.24) is 15.5 Å². The molecule has 2 aliphatic heterocycles. The van der Waals surface area contributed by atoms with Gasteiger partial charge in [0.1, 0.15) is 11.9 Å². The van der Waals surface area contributed by atoms with Gasteiger partial charge in [-0.2, -0.15) is 0 Å². The number of hydrogen-bond donors (Lipinski definition) is 2. The fourth-order valence-corrected chi connectivity index (χ4v) is 4.76. The summed E-state index contributed by atoms with van der Waals surface area (Å²) in [4.78, 5) is 14.6. The van der Waals surface area contributed by atoms with Crippen molar-refractivity contribution in [3.8, 4) is 0 Å². The quantitative estimate of drug-likeness (QED) is 0.796. The summed E-state index contributed by atoms with van der Waals surface area (Å²) >= 11 is 6.16. The van der Waals surface area contributed by atoms with Crippen LogP contribution in [0.25, 0.3) is 0 Å². The Morgan fingerprint density at radius 1 is 1.30 bits per heavy atom. The van der Waals surface area contributed by atoms with Gasteiger partial charge in [-0.15, -0.1) is 0 Å². The molecule has 0 radical (unpaired) electrons. The summed E-state index contributed by atoms with van der Waals surface area (Å²) < 4.78 is 19.1. The van der Waals surface area contributed by atoms with E-state index in [-0.39, 0.29) is 35.1 Å². The highest BCUT2D eigenvalue weighted by Gasteiger charge is 2.39. The first kappa shape index (κ1) is 20.4. The molecule has 0 spiro atoms. The lowest BCUT2D eigenvalue weighted by Crippen LogP contribution is -2.63. The number of nitrogens with zero attached hydrogens (tertiary/aromatic N) is 1. The third-order valence-electron chi connectivity index (χ3n) is 5.18. The molecule has 0 aromatic heterocycles. The lowest BCUT2D eigenvalue weighted by atomic mass is 9.79. The molecule has 150 valence electrons. The van der Waals surface area contributed by atoms with Gasteiger partial charge in [0.15, 0.2) is 0 Å². The molecule has 0 bridgehead atoms. The number of hydrogen-bond acceptors (Lipinski definition) is 3. The van der Waals surface area contributed by atoms with Crippen LogP contribution in [0.4, 0.5) is 9.18 Å². The second-order valence-electron chi connectivity index (χ2n) is 8.92. The Bertz CT molecular complexity index is 694. The van der Waals surface area contributed by atoms with Crippen molar-refractivity contribution >= 4 is 17.6 Å². The molecule has 2 fully saturated rings. The van der Waals surface area contributed by atoms with Crippen molar-refractivity contribution < 1.29 is 13.9 Å². The van der Waals surface area contributed by atoms with E-state index in [9.17, 15) is 9.18 Å². The topological polar surface area (TPSA) is 53.6 Å². The van der Waals surface area contributed by atoms with E-state index in [0.29, 0.717) is 30.3 Å². The first-order valence-electron chi connectivity index (χ1n) is 9.46. The number of rotatable bonds is 2. The molecule has 1 aromatic rings. The van der Waals surface area contributed by atoms with Gasteiger partial charge in [-0.3, -0.25) is 0 Å². The predicted molar refractivity (Wildman–Crippen MR) is 105 cm³/mol. The van der Waals surface area contributed by atoms with Crippen LogP contribution in [-0.4, -0.2) is 47.7 Å². The van der Waals surface area contributed by atoms with Gasteiger partial charge in [0.05, 0.1) is 13.2 Å². The van der Waals surface area contributed by atoms with Gasteiger partial charge in [0.2, 0.25) is 0 Å². The molecule has 1 atom stereocenters. The molecule has 3 rings (SSSR count). The van der Waals surface area contributed by atoms with Crippen LogP contribution < -0.4 is 10.6 Å². The number of carbonyl (C=O) groups excluding carboxylic acids is 1. The Hall–Kier alpha value is -1.37. The molecule has 2 amide bonds. The zero-order valence-electron chi connectivity index (χ0n) is 16.4. The molecule has 0 saturated carbocycles. The van der Waals surface area contributed by atoms with E-state index in [0.717, 1.165) is 12.8 Å². The minimum Gasteiger partial charge on any atom is -0.370 e. The number of benzene rings is 1. The zero-order chi connectivity index (χ0) is 19.8. The third-order valence-corrected chi connectivity index (χ3v) is 5.51. The molecule has 0 aliphatic carbocycles. The fraction of sp³-hybridized carbons (Fsp3) is 0.650. The second kappa shape index (κ2) is 7.57.